The van der Waals surface area contributed by atoms with E-state index in [1.54, 1.807) is 21.3 Å². The Bertz CT molecular complexity index is 382. The van der Waals surface area contributed by atoms with Crippen molar-refractivity contribution < 1.29 is 14.2 Å². The van der Waals surface area contributed by atoms with Gasteiger partial charge in [0.1, 0.15) is 11.8 Å². The second-order valence-corrected chi connectivity index (χ2v) is 3.69. The van der Waals surface area contributed by atoms with Crippen LogP contribution in [-0.4, -0.2) is 33.7 Å². The van der Waals surface area contributed by atoms with Crippen LogP contribution in [0.3, 0.4) is 0 Å². The van der Waals surface area contributed by atoms with Crippen LogP contribution in [0.4, 0.5) is 5.69 Å². The number of hydrogen-bond donors (Lipinski definition) is 1. The summed E-state index contributed by atoms with van der Waals surface area (Å²) in [7, 11) is 4.72. The van der Waals surface area contributed by atoms with Crippen molar-refractivity contribution in [1.82, 2.24) is 0 Å². The zero-order valence-corrected chi connectivity index (χ0v) is 10.8. The maximum Gasteiger partial charge on any atom is 0.159 e. The number of nitriles is 1. The molecule has 5 heteroatoms. The molecular formula is C13H18N2O3. The molecule has 0 fully saturated rings. The van der Waals surface area contributed by atoms with Crippen LogP contribution in [0, 0.1) is 11.3 Å². The molecule has 0 bridgehead atoms. The number of benzene rings is 1. The molecule has 0 aromatic heterocycles. The topological polar surface area (TPSA) is 63.5 Å². The molecule has 1 atom stereocenters. The zero-order valence-electron chi connectivity index (χ0n) is 10.8. The van der Waals surface area contributed by atoms with E-state index >= 15 is 0 Å². The number of nitrogens with one attached hydrogen (secondary N) is 1. The largest absolute Gasteiger partial charge is 0.497 e. The summed E-state index contributed by atoms with van der Waals surface area (Å²) in [4.78, 5) is 0. The number of methoxy groups -OCH3 is 3. The first-order chi connectivity index (χ1) is 8.73. The molecule has 5 nitrogen and oxygen atoms in total. The Kier molecular flexibility index (Phi) is 5.98. The summed E-state index contributed by atoms with van der Waals surface area (Å²) >= 11 is 0. The Morgan fingerprint density at radius 3 is 2.22 bits per heavy atom. The van der Waals surface area contributed by atoms with E-state index in [0.29, 0.717) is 6.42 Å². The molecule has 18 heavy (non-hydrogen) atoms. The van der Waals surface area contributed by atoms with Crippen LogP contribution < -0.4 is 10.1 Å². The van der Waals surface area contributed by atoms with Crippen molar-refractivity contribution in [2.75, 3.05) is 26.6 Å². The summed E-state index contributed by atoms with van der Waals surface area (Å²) in [5, 5.41) is 12.2. The van der Waals surface area contributed by atoms with Crippen molar-refractivity contribution >= 4 is 5.69 Å². The maximum atomic E-state index is 9.08. The van der Waals surface area contributed by atoms with E-state index in [1.165, 1.54) is 0 Å². The van der Waals surface area contributed by atoms with E-state index in [4.69, 9.17) is 19.5 Å². The van der Waals surface area contributed by atoms with Crippen LogP contribution in [0.1, 0.15) is 6.42 Å². The van der Waals surface area contributed by atoms with Gasteiger partial charge in [0.25, 0.3) is 0 Å². The van der Waals surface area contributed by atoms with Crippen molar-refractivity contribution in [2.24, 2.45) is 0 Å². The molecule has 0 aliphatic carbocycles. The van der Waals surface area contributed by atoms with E-state index in [9.17, 15) is 0 Å². The van der Waals surface area contributed by atoms with E-state index in [-0.39, 0.29) is 12.3 Å². The van der Waals surface area contributed by atoms with Crippen LogP contribution >= 0.6 is 0 Å². The Labute approximate surface area is 107 Å². The normalized spacial score (nSPS) is 11.9. The van der Waals surface area contributed by atoms with E-state index in [0.717, 1.165) is 11.4 Å². The molecule has 0 aliphatic rings. The third kappa shape index (κ3) is 4.24. The van der Waals surface area contributed by atoms with Crippen molar-refractivity contribution in [3.63, 3.8) is 0 Å². The van der Waals surface area contributed by atoms with E-state index in [2.05, 4.69) is 11.4 Å². The summed E-state index contributed by atoms with van der Waals surface area (Å²) in [6.07, 6.45) is 0.0654. The predicted octanol–water partition coefficient (Wildman–Crippen LogP) is 2.01. The van der Waals surface area contributed by atoms with Crippen molar-refractivity contribution in [3.8, 4) is 11.8 Å². The van der Waals surface area contributed by atoms with Crippen LogP contribution in [0.25, 0.3) is 0 Å². The standard InChI is InChI=1S/C13H18N2O3/c1-16-12-6-4-10(5-7-12)15-11(9-14)8-13(17-2)18-3/h4-7,11,13,15H,8H2,1-3H3. The van der Waals surface area contributed by atoms with Gasteiger partial charge in [0.15, 0.2) is 6.29 Å². The second kappa shape index (κ2) is 7.54. The molecule has 1 aromatic rings. The maximum absolute atomic E-state index is 9.08. The van der Waals surface area contributed by atoms with Gasteiger partial charge < -0.3 is 19.5 Å². The molecule has 0 spiro atoms. The van der Waals surface area contributed by atoms with Gasteiger partial charge in [0.05, 0.1) is 13.2 Å². The van der Waals surface area contributed by atoms with Crippen LogP contribution in [0.15, 0.2) is 24.3 Å². The number of ether oxygens (including phenoxy) is 3. The zero-order chi connectivity index (χ0) is 13.4. The molecule has 0 aliphatic heterocycles. The average Bonchev–Trinajstić information content (AvgIpc) is 2.44. The Balaban J connectivity index is 2.59. The van der Waals surface area contributed by atoms with Gasteiger partial charge in [0.2, 0.25) is 0 Å². The summed E-state index contributed by atoms with van der Waals surface area (Å²) in [6.45, 7) is 0. The van der Waals surface area contributed by atoms with Gasteiger partial charge in [-0.25, -0.2) is 0 Å². The molecule has 1 unspecified atom stereocenters. The first-order valence-electron chi connectivity index (χ1n) is 5.59. The number of hydrogen-bond acceptors (Lipinski definition) is 5. The number of anilines is 1. The molecule has 0 amide bonds. The fraction of sp³-hybridized carbons (Fsp3) is 0.462. The second-order valence-electron chi connectivity index (χ2n) is 3.69. The molecule has 98 valence electrons. The number of nitrogens with zero attached hydrogens (tertiary/aromatic N) is 1. The van der Waals surface area contributed by atoms with Crippen molar-refractivity contribution in [1.29, 1.82) is 5.26 Å². The average molecular weight is 250 g/mol. The lowest BCUT2D eigenvalue weighted by Gasteiger charge is -2.18. The molecule has 0 saturated carbocycles. The third-order valence-electron chi connectivity index (χ3n) is 2.54. The molecule has 1 N–H and O–H groups in total. The van der Waals surface area contributed by atoms with Gasteiger partial charge in [-0.15, -0.1) is 0 Å². The highest BCUT2D eigenvalue weighted by Crippen LogP contribution is 2.17. The van der Waals surface area contributed by atoms with Crippen molar-refractivity contribution in [2.45, 2.75) is 18.8 Å². The smallest absolute Gasteiger partial charge is 0.159 e. The Morgan fingerprint density at radius 1 is 1.17 bits per heavy atom. The van der Waals surface area contributed by atoms with Gasteiger partial charge in [-0.2, -0.15) is 5.26 Å². The minimum atomic E-state index is -0.389. The molecule has 0 saturated heterocycles. The van der Waals surface area contributed by atoms with Gasteiger partial charge in [-0.05, 0) is 24.3 Å². The SMILES string of the molecule is COc1ccc(NC(C#N)CC(OC)OC)cc1. The van der Waals surface area contributed by atoms with Crippen LogP contribution in [0.2, 0.25) is 0 Å². The van der Waals surface area contributed by atoms with Crippen LogP contribution in [-0.2, 0) is 9.47 Å². The lowest BCUT2D eigenvalue weighted by Crippen LogP contribution is -2.26. The van der Waals surface area contributed by atoms with Gasteiger partial charge in [-0.3, -0.25) is 0 Å². The lowest BCUT2D eigenvalue weighted by atomic mass is 10.2. The first-order valence-corrected chi connectivity index (χ1v) is 5.59. The van der Waals surface area contributed by atoms with E-state index < -0.39 is 0 Å². The first kappa shape index (κ1) is 14.3. The quantitative estimate of drug-likeness (QED) is 0.750. The summed E-state index contributed by atoms with van der Waals surface area (Å²) in [5.41, 5.74) is 0.855. The monoisotopic (exact) mass is 250 g/mol. The third-order valence-corrected chi connectivity index (χ3v) is 2.54. The highest BCUT2D eigenvalue weighted by atomic mass is 16.7. The fourth-order valence-electron chi connectivity index (χ4n) is 1.51. The van der Waals surface area contributed by atoms with E-state index in [1.807, 2.05) is 24.3 Å². The minimum absolute atomic E-state index is 0.372. The summed E-state index contributed by atoms with van der Waals surface area (Å²) in [5.74, 6) is 0.778. The lowest BCUT2D eigenvalue weighted by molar-refractivity contribution is -0.106. The summed E-state index contributed by atoms with van der Waals surface area (Å²) in [6, 6.07) is 9.19. The number of rotatable bonds is 7. The molecule has 0 heterocycles. The fourth-order valence-corrected chi connectivity index (χ4v) is 1.51. The highest BCUT2D eigenvalue weighted by molar-refractivity contribution is 5.48. The summed E-state index contributed by atoms with van der Waals surface area (Å²) < 4.78 is 15.2. The Hall–Kier alpha value is -1.77. The van der Waals surface area contributed by atoms with Crippen molar-refractivity contribution in [3.05, 3.63) is 24.3 Å². The molecular weight excluding hydrogens is 232 g/mol. The molecule has 1 aromatic carbocycles. The van der Waals surface area contributed by atoms with Gasteiger partial charge >= 0.3 is 0 Å². The highest BCUT2D eigenvalue weighted by Gasteiger charge is 2.14. The minimum Gasteiger partial charge on any atom is -0.497 e. The molecule has 0 radical (unpaired) electrons. The Morgan fingerprint density at radius 2 is 1.78 bits per heavy atom. The molecule has 1 rings (SSSR count). The van der Waals surface area contributed by atoms with Gasteiger partial charge in [-0.1, -0.05) is 0 Å². The van der Waals surface area contributed by atoms with Crippen LogP contribution in [0.5, 0.6) is 5.75 Å². The predicted molar refractivity (Wildman–Crippen MR) is 68.4 cm³/mol. The van der Waals surface area contributed by atoms with Gasteiger partial charge in [0, 0.05) is 26.3 Å².